The molecule has 0 N–H and O–H groups in total. The van der Waals surface area contributed by atoms with Crippen LogP contribution in [0.15, 0.2) is 40.9 Å². The van der Waals surface area contributed by atoms with Crippen LogP contribution in [0.4, 0.5) is 0 Å². The summed E-state index contributed by atoms with van der Waals surface area (Å²) in [6.45, 7) is 15.5. The average molecular weight is 426 g/mol. The van der Waals surface area contributed by atoms with Crippen LogP contribution in [0.25, 0.3) is 17.1 Å². The quantitative estimate of drug-likeness (QED) is 0.465. The Morgan fingerprint density at radius 2 is 1.59 bits per heavy atom. The summed E-state index contributed by atoms with van der Waals surface area (Å²) < 4.78 is 3.28. The van der Waals surface area contributed by atoms with Crippen molar-refractivity contribution in [3.05, 3.63) is 63.4 Å². The van der Waals surface area contributed by atoms with Crippen LogP contribution in [0, 0.1) is 13.8 Å². The predicted octanol–water partition coefficient (Wildman–Crippen LogP) is 6.73. The summed E-state index contributed by atoms with van der Waals surface area (Å²) in [5.74, 6) is 2.15. The molecule has 0 saturated heterocycles. The van der Waals surface area contributed by atoms with Gasteiger partial charge in [0.1, 0.15) is 5.82 Å². The molecule has 142 valence electrons. The molecule has 1 heterocycles. The SMILES string of the molecule is Cc1cc(C(C)(C)C)cc(C)c1-n1c(-c2cccc(Br)c2)nnc1C(C)C. The minimum Gasteiger partial charge on any atom is -0.278 e. The van der Waals surface area contributed by atoms with Gasteiger partial charge in [-0.05, 0) is 48.1 Å². The number of halogens is 1. The number of rotatable bonds is 3. The van der Waals surface area contributed by atoms with Gasteiger partial charge in [-0.15, -0.1) is 10.2 Å². The van der Waals surface area contributed by atoms with Crippen LogP contribution in [0.3, 0.4) is 0 Å². The first-order chi connectivity index (χ1) is 12.6. The third-order valence-corrected chi connectivity index (χ3v) is 5.36. The van der Waals surface area contributed by atoms with Crippen molar-refractivity contribution >= 4 is 15.9 Å². The standard InChI is InChI=1S/C23H28BrN3/c1-14(2)21-25-26-22(17-9-8-10-19(24)13-17)27(21)20-15(3)11-18(12-16(20)4)23(5,6)7/h8-14H,1-7H3. The summed E-state index contributed by atoms with van der Waals surface area (Å²) in [6.07, 6.45) is 0. The lowest BCUT2D eigenvalue weighted by Gasteiger charge is -2.24. The Morgan fingerprint density at radius 3 is 2.11 bits per heavy atom. The van der Waals surface area contributed by atoms with Gasteiger partial charge in [-0.3, -0.25) is 4.57 Å². The van der Waals surface area contributed by atoms with E-state index in [9.17, 15) is 0 Å². The Hall–Kier alpha value is -1.94. The van der Waals surface area contributed by atoms with E-state index in [1.54, 1.807) is 0 Å². The Labute approximate surface area is 171 Å². The zero-order valence-corrected chi connectivity index (χ0v) is 18.8. The maximum atomic E-state index is 4.57. The first kappa shape index (κ1) is 19.8. The molecule has 0 radical (unpaired) electrons. The molecule has 0 spiro atoms. The topological polar surface area (TPSA) is 30.7 Å². The molecule has 0 saturated carbocycles. The molecule has 1 aromatic heterocycles. The zero-order valence-electron chi connectivity index (χ0n) is 17.3. The van der Waals surface area contributed by atoms with Crippen molar-refractivity contribution in [1.29, 1.82) is 0 Å². The molecular weight excluding hydrogens is 398 g/mol. The molecule has 3 nitrogen and oxygen atoms in total. The maximum absolute atomic E-state index is 4.57. The van der Waals surface area contributed by atoms with Crippen molar-refractivity contribution in [2.24, 2.45) is 0 Å². The molecule has 0 aliphatic heterocycles. The molecular formula is C23H28BrN3. The highest BCUT2D eigenvalue weighted by atomic mass is 79.9. The molecule has 0 amide bonds. The molecule has 4 heteroatoms. The van der Waals surface area contributed by atoms with Gasteiger partial charge in [-0.1, -0.05) is 74.8 Å². The third-order valence-electron chi connectivity index (χ3n) is 4.87. The van der Waals surface area contributed by atoms with E-state index in [4.69, 9.17) is 0 Å². The maximum Gasteiger partial charge on any atom is 0.168 e. The van der Waals surface area contributed by atoms with E-state index in [1.807, 2.05) is 12.1 Å². The zero-order chi connectivity index (χ0) is 19.9. The first-order valence-corrected chi connectivity index (χ1v) is 10.2. The summed E-state index contributed by atoms with van der Waals surface area (Å²) in [4.78, 5) is 0. The number of benzene rings is 2. The van der Waals surface area contributed by atoms with E-state index in [2.05, 4.69) is 103 Å². The van der Waals surface area contributed by atoms with Gasteiger partial charge in [0.05, 0.1) is 5.69 Å². The normalized spacial score (nSPS) is 12.0. The molecule has 27 heavy (non-hydrogen) atoms. The lowest BCUT2D eigenvalue weighted by Crippen LogP contribution is -2.14. The van der Waals surface area contributed by atoms with Crippen molar-refractivity contribution in [2.45, 2.75) is 59.8 Å². The minimum atomic E-state index is 0.120. The van der Waals surface area contributed by atoms with Gasteiger partial charge < -0.3 is 0 Å². The third kappa shape index (κ3) is 3.86. The molecule has 3 rings (SSSR count). The minimum absolute atomic E-state index is 0.120. The predicted molar refractivity (Wildman–Crippen MR) is 117 cm³/mol. The number of aryl methyl sites for hydroxylation is 2. The van der Waals surface area contributed by atoms with Gasteiger partial charge in [0.2, 0.25) is 0 Å². The summed E-state index contributed by atoms with van der Waals surface area (Å²) >= 11 is 3.58. The second kappa shape index (κ2) is 7.23. The molecule has 0 bridgehead atoms. The van der Waals surface area contributed by atoms with Crippen LogP contribution in [0.5, 0.6) is 0 Å². The van der Waals surface area contributed by atoms with Crippen LogP contribution in [0.2, 0.25) is 0 Å². The lowest BCUT2D eigenvalue weighted by atomic mass is 9.84. The smallest absolute Gasteiger partial charge is 0.168 e. The van der Waals surface area contributed by atoms with Crippen molar-refractivity contribution in [1.82, 2.24) is 14.8 Å². The van der Waals surface area contributed by atoms with E-state index in [0.717, 1.165) is 21.7 Å². The first-order valence-electron chi connectivity index (χ1n) is 9.43. The van der Waals surface area contributed by atoms with Gasteiger partial charge in [0, 0.05) is 16.0 Å². The number of aromatic nitrogens is 3. The van der Waals surface area contributed by atoms with Crippen LogP contribution in [-0.2, 0) is 5.41 Å². The van der Waals surface area contributed by atoms with Crippen LogP contribution in [0.1, 0.15) is 63.1 Å². The summed E-state index contributed by atoms with van der Waals surface area (Å²) in [6, 6.07) is 12.9. The van der Waals surface area contributed by atoms with Gasteiger partial charge in [-0.25, -0.2) is 0 Å². The van der Waals surface area contributed by atoms with Crippen LogP contribution < -0.4 is 0 Å². The highest BCUT2D eigenvalue weighted by Crippen LogP contribution is 2.34. The van der Waals surface area contributed by atoms with Crippen LogP contribution in [-0.4, -0.2) is 14.8 Å². The highest BCUT2D eigenvalue weighted by molar-refractivity contribution is 9.10. The summed E-state index contributed by atoms with van der Waals surface area (Å²) in [7, 11) is 0. The largest absolute Gasteiger partial charge is 0.278 e. The Morgan fingerprint density at radius 1 is 0.963 bits per heavy atom. The number of hydrogen-bond donors (Lipinski definition) is 0. The Balaban J connectivity index is 2.30. The molecule has 0 fully saturated rings. The number of nitrogens with zero attached hydrogens (tertiary/aromatic N) is 3. The summed E-state index contributed by atoms with van der Waals surface area (Å²) in [5.41, 5.74) is 6.21. The fourth-order valence-electron chi connectivity index (χ4n) is 3.45. The van der Waals surface area contributed by atoms with Crippen molar-refractivity contribution in [3.8, 4) is 17.1 Å². The Kier molecular flexibility index (Phi) is 5.31. The van der Waals surface area contributed by atoms with Gasteiger partial charge in [-0.2, -0.15) is 0 Å². The Bertz CT molecular complexity index is 955. The van der Waals surface area contributed by atoms with E-state index in [1.165, 1.54) is 22.4 Å². The van der Waals surface area contributed by atoms with E-state index in [0.29, 0.717) is 0 Å². The molecule has 3 aromatic rings. The molecule has 0 aliphatic carbocycles. The van der Waals surface area contributed by atoms with Gasteiger partial charge in [0.15, 0.2) is 5.82 Å². The van der Waals surface area contributed by atoms with E-state index >= 15 is 0 Å². The molecule has 0 aliphatic rings. The van der Waals surface area contributed by atoms with Crippen molar-refractivity contribution in [3.63, 3.8) is 0 Å². The molecule has 2 aromatic carbocycles. The van der Waals surface area contributed by atoms with Gasteiger partial charge >= 0.3 is 0 Å². The molecule has 0 unspecified atom stereocenters. The van der Waals surface area contributed by atoms with Crippen molar-refractivity contribution < 1.29 is 0 Å². The van der Waals surface area contributed by atoms with Crippen LogP contribution >= 0.6 is 15.9 Å². The van der Waals surface area contributed by atoms with E-state index in [-0.39, 0.29) is 11.3 Å². The monoisotopic (exact) mass is 425 g/mol. The highest BCUT2D eigenvalue weighted by Gasteiger charge is 2.23. The second-order valence-electron chi connectivity index (χ2n) is 8.59. The number of hydrogen-bond acceptors (Lipinski definition) is 2. The lowest BCUT2D eigenvalue weighted by molar-refractivity contribution is 0.589. The fourth-order valence-corrected chi connectivity index (χ4v) is 3.85. The second-order valence-corrected chi connectivity index (χ2v) is 9.51. The van der Waals surface area contributed by atoms with Gasteiger partial charge in [0.25, 0.3) is 0 Å². The average Bonchev–Trinajstić information content (AvgIpc) is 2.98. The molecule has 0 atom stereocenters. The van der Waals surface area contributed by atoms with Crippen molar-refractivity contribution in [2.75, 3.05) is 0 Å². The van der Waals surface area contributed by atoms with E-state index < -0.39 is 0 Å². The fraction of sp³-hybridized carbons (Fsp3) is 0.391. The summed E-state index contributed by atoms with van der Waals surface area (Å²) in [5, 5.41) is 9.12.